The van der Waals surface area contributed by atoms with E-state index in [1.807, 2.05) is 13.0 Å². The van der Waals surface area contributed by atoms with Gasteiger partial charge in [-0.3, -0.25) is 15.0 Å². The molecule has 0 bridgehead atoms. The SMILES string of the molecule is CCOc1cccc(NC(=O)C2CC(=O)N(/N=C/C3CCC(Br)C3)C(=N)S2)c1. The molecule has 3 rings (SSSR count). The van der Waals surface area contributed by atoms with Gasteiger partial charge < -0.3 is 10.1 Å². The van der Waals surface area contributed by atoms with Crippen molar-refractivity contribution in [3.63, 3.8) is 0 Å². The summed E-state index contributed by atoms with van der Waals surface area (Å²) in [5.74, 6) is 0.335. The lowest BCUT2D eigenvalue weighted by atomic mass is 10.1. The Balaban J connectivity index is 1.58. The number of carbonyl (C=O) groups is 2. The smallest absolute Gasteiger partial charge is 0.250 e. The first kappa shape index (κ1) is 20.9. The largest absolute Gasteiger partial charge is 0.494 e. The van der Waals surface area contributed by atoms with Gasteiger partial charge in [0.25, 0.3) is 5.91 Å². The fourth-order valence-electron chi connectivity index (χ4n) is 3.16. The first-order valence-corrected chi connectivity index (χ1v) is 11.1. The molecule has 150 valence electrons. The van der Waals surface area contributed by atoms with E-state index in [4.69, 9.17) is 10.1 Å². The number of hydrazone groups is 1. The van der Waals surface area contributed by atoms with Crippen LogP contribution < -0.4 is 10.1 Å². The number of rotatable bonds is 6. The molecule has 2 aliphatic rings. The van der Waals surface area contributed by atoms with Crippen LogP contribution >= 0.6 is 27.7 Å². The van der Waals surface area contributed by atoms with Crippen molar-refractivity contribution in [2.24, 2.45) is 11.0 Å². The second kappa shape index (κ2) is 9.56. The summed E-state index contributed by atoms with van der Waals surface area (Å²) in [5.41, 5.74) is 0.599. The standard InChI is InChI=1S/C19H23BrN4O3S/c1-2-27-15-5-3-4-14(9-15)23-18(26)16-10-17(25)24(19(21)28-16)22-11-12-6-7-13(20)8-12/h3-5,9,11-13,16,21H,2,6-8,10H2,1H3,(H,23,26)/b21-19?,22-11+. The molecule has 28 heavy (non-hydrogen) atoms. The molecule has 1 aromatic rings. The summed E-state index contributed by atoms with van der Waals surface area (Å²) in [4.78, 5) is 25.5. The van der Waals surface area contributed by atoms with Gasteiger partial charge in [-0.1, -0.05) is 33.8 Å². The minimum Gasteiger partial charge on any atom is -0.494 e. The number of hydrogen-bond donors (Lipinski definition) is 2. The topological polar surface area (TPSA) is 94.8 Å². The molecule has 9 heteroatoms. The summed E-state index contributed by atoms with van der Waals surface area (Å²) in [6.45, 7) is 2.43. The van der Waals surface area contributed by atoms with Crippen LogP contribution in [0, 0.1) is 11.3 Å². The molecule has 1 aliphatic heterocycles. The highest BCUT2D eigenvalue weighted by atomic mass is 79.9. The summed E-state index contributed by atoms with van der Waals surface area (Å²) >= 11 is 4.64. The van der Waals surface area contributed by atoms with Gasteiger partial charge in [0.05, 0.1) is 13.0 Å². The Kier molecular flexibility index (Phi) is 7.12. The Morgan fingerprint density at radius 2 is 2.32 bits per heavy atom. The number of hydrogen-bond acceptors (Lipinski definition) is 6. The molecule has 2 fully saturated rings. The monoisotopic (exact) mass is 466 g/mol. The average Bonchev–Trinajstić information content (AvgIpc) is 3.06. The quantitative estimate of drug-likeness (QED) is 0.491. The van der Waals surface area contributed by atoms with Gasteiger partial charge in [-0.2, -0.15) is 10.1 Å². The maximum Gasteiger partial charge on any atom is 0.250 e. The first-order valence-electron chi connectivity index (χ1n) is 9.26. The zero-order chi connectivity index (χ0) is 20.1. The number of nitrogens with one attached hydrogen (secondary N) is 2. The number of ether oxygens (including phenoxy) is 1. The van der Waals surface area contributed by atoms with Crippen LogP contribution in [-0.4, -0.2) is 44.9 Å². The first-order chi connectivity index (χ1) is 13.5. The Hall–Kier alpha value is -1.87. The Morgan fingerprint density at radius 3 is 3.00 bits per heavy atom. The fraction of sp³-hybridized carbons (Fsp3) is 0.474. The van der Waals surface area contributed by atoms with Crippen LogP contribution in [0.25, 0.3) is 0 Å². The molecule has 7 nitrogen and oxygen atoms in total. The summed E-state index contributed by atoms with van der Waals surface area (Å²) in [6, 6.07) is 7.10. The molecule has 2 amide bonds. The van der Waals surface area contributed by atoms with E-state index < -0.39 is 5.25 Å². The molecule has 0 aromatic heterocycles. The number of thioether (sulfide) groups is 1. The fourth-order valence-corrected chi connectivity index (χ4v) is 4.81. The lowest BCUT2D eigenvalue weighted by molar-refractivity contribution is -0.129. The normalized spacial score (nSPS) is 25.4. The lowest BCUT2D eigenvalue weighted by Gasteiger charge is -2.27. The summed E-state index contributed by atoms with van der Waals surface area (Å²) in [7, 11) is 0. The molecule has 1 heterocycles. The summed E-state index contributed by atoms with van der Waals surface area (Å²) < 4.78 is 5.43. The molecule has 2 N–H and O–H groups in total. The number of nitrogens with zero attached hydrogens (tertiary/aromatic N) is 2. The van der Waals surface area contributed by atoms with Crippen molar-refractivity contribution in [2.75, 3.05) is 11.9 Å². The molecule has 3 atom stereocenters. The zero-order valence-electron chi connectivity index (χ0n) is 15.6. The van der Waals surface area contributed by atoms with Crippen LogP contribution in [-0.2, 0) is 9.59 Å². The van der Waals surface area contributed by atoms with Crippen LogP contribution in [0.4, 0.5) is 5.69 Å². The molecule has 0 spiro atoms. The zero-order valence-corrected chi connectivity index (χ0v) is 18.0. The molecular weight excluding hydrogens is 444 g/mol. The van der Waals surface area contributed by atoms with Gasteiger partial charge in [0.2, 0.25) is 5.91 Å². The number of amides is 2. The Bertz CT molecular complexity index is 770. The lowest BCUT2D eigenvalue weighted by Crippen LogP contribution is -2.42. The highest BCUT2D eigenvalue weighted by Crippen LogP contribution is 2.31. The van der Waals surface area contributed by atoms with Crippen LogP contribution in [0.15, 0.2) is 29.4 Å². The van der Waals surface area contributed by atoms with Gasteiger partial charge in [-0.15, -0.1) is 0 Å². The van der Waals surface area contributed by atoms with Crippen molar-refractivity contribution in [3.05, 3.63) is 24.3 Å². The van der Waals surface area contributed by atoms with E-state index in [0.717, 1.165) is 36.0 Å². The summed E-state index contributed by atoms with van der Waals surface area (Å²) in [6.07, 6.45) is 4.86. The predicted octanol–water partition coefficient (Wildman–Crippen LogP) is 3.84. The van der Waals surface area contributed by atoms with Crippen molar-refractivity contribution in [2.45, 2.75) is 42.7 Å². The Labute approximate surface area is 176 Å². The Morgan fingerprint density at radius 1 is 1.50 bits per heavy atom. The average molecular weight is 467 g/mol. The highest BCUT2D eigenvalue weighted by molar-refractivity contribution is 9.09. The van der Waals surface area contributed by atoms with E-state index >= 15 is 0 Å². The number of alkyl halides is 1. The van der Waals surface area contributed by atoms with E-state index in [-0.39, 0.29) is 23.4 Å². The van der Waals surface area contributed by atoms with Crippen molar-refractivity contribution in [1.82, 2.24) is 5.01 Å². The number of benzene rings is 1. The van der Waals surface area contributed by atoms with Crippen molar-refractivity contribution < 1.29 is 14.3 Å². The van der Waals surface area contributed by atoms with Crippen molar-refractivity contribution in [1.29, 1.82) is 5.41 Å². The van der Waals surface area contributed by atoms with Gasteiger partial charge in [0, 0.05) is 22.8 Å². The van der Waals surface area contributed by atoms with Gasteiger partial charge >= 0.3 is 0 Å². The molecule has 1 saturated heterocycles. The molecule has 1 saturated carbocycles. The molecule has 1 aromatic carbocycles. The maximum atomic E-state index is 12.6. The third kappa shape index (κ3) is 5.35. The molecule has 3 unspecified atom stereocenters. The summed E-state index contributed by atoms with van der Waals surface area (Å²) in [5, 5.41) is 15.6. The van der Waals surface area contributed by atoms with Gasteiger partial charge in [-0.25, -0.2) is 0 Å². The van der Waals surface area contributed by atoms with E-state index in [9.17, 15) is 9.59 Å². The van der Waals surface area contributed by atoms with Crippen LogP contribution in [0.3, 0.4) is 0 Å². The maximum absolute atomic E-state index is 12.6. The van der Waals surface area contributed by atoms with Gasteiger partial charge in [-0.05, 0) is 44.2 Å². The van der Waals surface area contributed by atoms with Gasteiger partial charge in [0.15, 0.2) is 5.17 Å². The third-order valence-corrected chi connectivity index (χ3v) is 6.44. The van der Waals surface area contributed by atoms with E-state index in [1.165, 1.54) is 0 Å². The van der Waals surface area contributed by atoms with Crippen molar-refractivity contribution >= 4 is 56.6 Å². The molecular formula is C19H23BrN4O3S. The van der Waals surface area contributed by atoms with Crippen LogP contribution in [0.5, 0.6) is 5.75 Å². The predicted molar refractivity (Wildman–Crippen MR) is 115 cm³/mol. The number of carbonyl (C=O) groups excluding carboxylic acids is 2. The second-order valence-electron chi connectivity index (χ2n) is 6.71. The van der Waals surface area contributed by atoms with Crippen LogP contribution in [0.1, 0.15) is 32.6 Å². The van der Waals surface area contributed by atoms with Crippen molar-refractivity contribution in [3.8, 4) is 5.75 Å². The van der Waals surface area contributed by atoms with E-state index in [2.05, 4.69) is 26.3 Å². The molecule has 1 aliphatic carbocycles. The number of halogens is 1. The second-order valence-corrected chi connectivity index (χ2v) is 9.19. The molecule has 0 radical (unpaired) electrons. The van der Waals surface area contributed by atoms with Crippen LogP contribution in [0.2, 0.25) is 0 Å². The number of anilines is 1. The third-order valence-electron chi connectivity index (χ3n) is 4.55. The van der Waals surface area contributed by atoms with E-state index in [0.29, 0.717) is 28.8 Å². The van der Waals surface area contributed by atoms with E-state index in [1.54, 1.807) is 24.4 Å². The number of amidine groups is 1. The minimum absolute atomic E-state index is 0.00705. The highest BCUT2D eigenvalue weighted by Gasteiger charge is 2.35. The van der Waals surface area contributed by atoms with Gasteiger partial charge in [0.1, 0.15) is 11.0 Å². The minimum atomic E-state index is -0.652.